The molecule has 18 heavy (non-hydrogen) atoms. The van der Waals surface area contributed by atoms with Gasteiger partial charge in [-0.3, -0.25) is 4.68 Å². The van der Waals surface area contributed by atoms with Crippen LogP contribution in [0.2, 0.25) is 0 Å². The van der Waals surface area contributed by atoms with E-state index in [1.807, 2.05) is 13.1 Å². The molecule has 0 aliphatic heterocycles. The summed E-state index contributed by atoms with van der Waals surface area (Å²) in [6, 6.07) is 10.4. The van der Waals surface area contributed by atoms with Crippen molar-refractivity contribution in [2.24, 2.45) is 7.05 Å². The van der Waals surface area contributed by atoms with Crippen molar-refractivity contribution in [3.8, 4) is 17.3 Å². The Morgan fingerprint density at radius 2 is 2.00 bits per heavy atom. The number of hydrogen-bond acceptors (Lipinski definition) is 2. The molecule has 0 unspecified atom stereocenters. The lowest BCUT2D eigenvalue weighted by atomic mass is 9.96. The second kappa shape index (κ2) is 4.66. The largest absolute Gasteiger partial charge is 0.267 e. The van der Waals surface area contributed by atoms with Crippen LogP contribution in [0.25, 0.3) is 11.3 Å². The molecule has 3 heteroatoms. The lowest BCUT2D eigenvalue weighted by Gasteiger charge is -2.11. The molecule has 1 aromatic heterocycles. The van der Waals surface area contributed by atoms with Crippen molar-refractivity contribution in [2.45, 2.75) is 26.7 Å². The summed E-state index contributed by atoms with van der Waals surface area (Å²) in [5, 5.41) is 13.1. The number of hydrogen-bond donors (Lipinski definition) is 0. The van der Waals surface area contributed by atoms with E-state index in [1.54, 1.807) is 4.68 Å². The Hall–Kier alpha value is -2.08. The van der Waals surface area contributed by atoms with Crippen molar-refractivity contribution >= 4 is 0 Å². The van der Waals surface area contributed by atoms with Gasteiger partial charge in [-0.25, -0.2) is 0 Å². The van der Waals surface area contributed by atoms with Gasteiger partial charge < -0.3 is 0 Å². The van der Waals surface area contributed by atoms with Crippen molar-refractivity contribution in [2.75, 3.05) is 0 Å². The third kappa shape index (κ3) is 2.14. The van der Waals surface area contributed by atoms with Crippen LogP contribution in [-0.2, 0) is 7.05 Å². The highest BCUT2D eigenvalue weighted by Gasteiger charge is 2.11. The fraction of sp³-hybridized carbons (Fsp3) is 0.333. The quantitative estimate of drug-likeness (QED) is 0.806. The van der Waals surface area contributed by atoms with Crippen LogP contribution in [0.5, 0.6) is 0 Å². The van der Waals surface area contributed by atoms with Crippen LogP contribution in [0.3, 0.4) is 0 Å². The van der Waals surface area contributed by atoms with E-state index in [2.05, 4.69) is 50.1 Å². The van der Waals surface area contributed by atoms with Crippen molar-refractivity contribution in [3.63, 3.8) is 0 Å². The van der Waals surface area contributed by atoms with Gasteiger partial charge in [0.05, 0.1) is 5.69 Å². The van der Waals surface area contributed by atoms with E-state index in [0.717, 1.165) is 11.3 Å². The Morgan fingerprint density at radius 1 is 1.28 bits per heavy atom. The average molecular weight is 239 g/mol. The van der Waals surface area contributed by atoms with E-state index in [0.29, 0.717) is 11.6 Å². The minimum Gasteiger partial charge on any atom is -0.267 e. The third-order valence-electron chi connectivity index (χ3n) is 3.20. The molecule has 0 radical (unpaired) electrons. The maximum atomic E-state index is 8.91. The van der Waals surface area contributed by atoms with Gasteiger partial charge in [-0.1, -0.05) is 26.0 Å². The van der Waals surface area contributed by atoms with Gasteiger partial charge in [-0.05, 0) is 30.0 Å². The number of benzene rings is 1. The molecule has 2 rings (SSSR count). The molecule has 0 fully saturated rings. The molecule has 2 aromatic rings. The fourth-order valence-corrected chi connectivity index (χ4v) is 2.05. The van der Waals surface area contributed by atoms with Gasteiger partial charge in [-0.2, -0.15) is 10.4 Å². The first-order chi connectivity index (χ1) is 8.52. The summed E-state index contributed by atoms with van der Waals surface area (Å²) < 4.78 is 1.77. The Labute approximate surface area is 108 Å². The van der Waals surface area contributed by atoms with Crippen LogP contribution in [0.4, 0.5) is 0 Å². The van der Waals surface area contributed by atoms with Crippen LogP contribution in [0, 0.1) is 18.3 Å². The minimum absolute atomic E-state index is 0.460. The van der Waals surface area contributed by atoms with E-state index in [4.69, 9.17) is 5.26 Å². The van der Waals surface area contributed by atoms with Gasteiger partial charge in [-0.15, -0.1) is 0 Å². The number of nitriles is 1. The molecule has 0 aliphatic carbocycles. The zero-order chi connectivity index (χ0) is 13.3. The Kier molecular flexibility index (Phi) is 3.20. The molecule has 0 bridgehead atoms. The summed E-state index contributed by atoms with van der Waals surface area (Å²) in [5.74, 6) is 0.494. The van der Waals surface area contributed by atoms with Crippen molar-refractivity contribution in [1.82, 2.24) is 9.78 Å². The summed E-state index contributed by atoms with van der Waals surface area (Å²) in [6.07, 6.45) is 0. The first kappa shape index (κ1) is 12.4. The molecule has 1 heterocycles. The van der Waals surface area contributed by atoms with Crippen LogP contribution in [0.15, 0.2) is 24.3 Å². The molecule has 0 saturated carbocycles. The lowest BCUT2D eigenvalue weighted by Crippen LogP contribution is -1.97. The van der Waals surface area contributed by atoms with Crippen molar-refractivity contribution < 1.29 is 0 Å². The minimum atomic E-state index is 0.460. The summed E-state index contributed by atoms with van der Waals surface area (Å²) in [4.78, 5) is 0. The molecule has 92 valence electrons. The SMILES string of the molecule is Cc1ccc(C(C)C)cc1-c1cc(C#N)nn1C. The summed E-state index contributed by atoms with van der Waals surface area (Å²) in [5.41, 5.74) is 5.10. The Bertz CT molecular complexity index is 615. The highest BCUT2D eigenvalue weighted by Crippen LogP contribution is 2.27. The number of nitrogens with zero attached hydrogens (tertiary/aromatic N) is 3. The van der Waals surface area contributed by atoms with E-state index in [1.165, 1.54) is 11.1 Å². The molecule has 0 atom stereocenters. The van der Waals surface area contributed by atoms with Crippen LogP contribution >= 0.6 is 0 Å². The average Bonchev–Trinajstić information content (AvgIpc) is 2.71. The van der Waals surface area contributed by atoms with E-state index in [9.17, 15) is 0 Å². The third-order valence-corrected chi connectivity index (χ3v) is 3.20. The molecule has 0 N–H and O–H groups in total. The lowest BCUT2D eigenvalue weighted by molar-refractivity contribution is 0.770. The number of aryl methyl sites for hydroxylation is 2. The first-order valence-corrected chi connectivity index (χ1v) is 6.08. The highest BCUT2D eigenvalue weighted by molar-refractivity contribution is 5.66. The topological polar surface area (TPSA) is 41.6 Å². The van der Waals surface area contributed by atoms with Gasteiger partial charge in [0.1, 0.15) is 6.07 Å². The van der Waals surface area contributed by atoms with Crippen molar-refractivity contribution in [1.29, 1.82) is 5.26 Å². The van der Waals surface area contributed by atoms with E-state index >= 15 is 0 Å². The molecule has 3 nitrogen and oxygen atoms in total. The zero-order valence-electron chi connectivity index (χ0n) is 11.2. The Morgan fingerprint density at radius 3 is 2.56 bits per heavy atom. The van der Waals surface area contributed by atoms with Gasteiger partial charge in [0.15, 0.2) is 5.69 Å². The summed E-state index contributed by atoms with van der Waals surface area (Å²) in [7, 11) is 1.87. The summed E-state index contributed by atoms with van der Waals surface area (Å²) in [6.45, 7) is 6.44. The molecular formula is C15H17N3. The molecular weight excluding hydrogens is 222 g/mol. The predicted octanol–water partition coefficient (Wildman–Crippen LogP) is 3.39. The van der Waals surface area contributed by atoms with E-state index in [-0.39, 0.29) is 0 Å². The smallest absolute Gasteiger partial charge is 0.163 e. The van der Waals surface area contributed by atoms with Crippen molar-refractivity contribution in [3.05, 3.63) is 41.1 Å². The van der Waals surface area contributed by atoms with Crippen LogP contribution < -0.4 is 0 Å². The fourth-order valence-electron chi connectivity index (χ4n) is 2.05. The molecule has 1 aromatic carbocycles. The van der Waals surface area contributed by atoms with Gasteiger partial charge in [0.25, 0.3) is 0 Å². The zero-order valence-corrected chi connectivity index (χ0v) is 11.2. The second-order valence-electron chi connectivity index (χ2n) is 4.88. The standard InChI is InChI=1S/C15H17N3/c1-10(2)12-6-5-11(3)14(7-12)15-8-13(9-16)17-18(15)4/h5-8,10H,1-4H3. The monoisotopic (exact) mass is 239 g/mol. The predicted molar refractivity (Wildman–Crippen MR) is 72.2 cm³/mol. The molecule has 0 spiro atoms. The molecule has 0 amide bonds. The molecule has 0 saturated heterocycles. The second-order valence-corrected chi connectivity index (χ2v) is 4.88. The van der Waals surface area contributed by atoms with Crippen LogP contribution in [0.1, 0.15) is 36.6 Å². The van der Waals surface area contributed by atoms with Gasteiger partial charge >= 0.3 is 0 Å². The highest BCUT2D eigenvalue weighted by atomic mass is 15.3. The maximum absolute atomic E-state index is 8.91. The number of rotatable bonds is 2. The maximum Gasteiger partial charge on any atom is 0.163 e. The Balaban J connectivity index is 2.59. The van der Waals surface area contributed by atoms with Gasteiger partial charge in [0.2, 0.25) is 0 Å². The van der Waals surface area contributed by atoms with Crippen LogP contribution in [-0.4, -0.2) is 9.78 Å². The molecule has 0 aliphatic rings. The number of aromatic nitrogens is 2. The normalized spacial score (nSPS) is 10.7. The summed E-state index contributed by atoms with van der Waals surface area (Å²) >= 11 is 0. The van der Waals surface area contributed by atoms with E-state index < -0.39 is 0 Å². The van der Waals surface area contributed by atoms with Gasteiger partial charge in [0, 0.05) is 18.7 Å². The first-order valence-electron chi connectivity index (χ1n) is 6.08.